The van der Waals surface area contributed by atoms with Crippen molar-refractivity contribution in [2.75, 3.05) is 19.8 Å². The first-order chi connectivity index (χ1) is 25.5. The van der Waals surface area contributed by atoms with Crippen LogP contribution < -0.4 is 0 Å². The Bertz CT molecular complexity index is 1060. The third kappa shape index (κ3) is 24.4. The van der Waals surface area contributed by atoms with Crippen molar-refractivity contribution in [1.29, 1.82) is 0 Å². The predicted octanol–water partition coefficient (Wildman–Crippen LogP) is 6.91. The first kappa shape index (κ1) is 49.3. The van der Waals surface area contributed by atoms with E-state index >= 15 is 0 Å². The van der Waals surface area contributed by atoms with Gasteiger partial charge in [-0.3, -0.25) is 13.8 Å². The third-order valence-electron chi connectivity index (χ3n) is 8.97. The van der Waals surface area contributed by atoms with Crippen LogP contribution >= 0.6 is 7.82 Å². The zero-order chi connectivity index (χ0) is 39.2. The molecule has 6 unspecified atom stereocenters. The van der Waals surface area contributed by atoms with Crippen LogP contribution in [-0.4, -0.2) is 98.9 Å². The van der Waals surface area contributed by atoms with E-state index in [2.05, 4.69) is 62.5 Å². The standard InChI is InChI=1S/C40H71O12P/c1-3-5-7-9-11-13-14-15-16-17-18-19-20-21-23-25-27-29-34(41)51-33(31-49-30-28-26-24-22-12-10-8-6-4-2)32-50-53(47,48)52-40-38(45)36(43)35(42)37(44)39(40)46/h5,7,11,13,15-16,18-19,33,35-40,42-46H,3-4,6,8-10,12,14,17,20-32H2,1-2H3,(H,47,48)/b7-5-,13-11-,16-15-,19-18-. The van der Waals surface area contributed by atoms with E-state index in [4.69, 9.17) is 18.5 Å². The average Bonchev–Trinajstić information content (AvgIpc) is 3.14. The highest BCUT2D eigenvalue weighted by Crippen LogP contribution is 2.47. The second-order valence-corrected chi connectivity index (χ2v) is 15.2. The Morgan fingerprint density at radius 2 is 1.11 bits per heavy atom. The topological polar surface area (TPSA) is 192 Å². The van der Waals surface area contributed by atoms with Crippen molar-refractivity contribution in [3.63, 3.8) is 0 Å². The number of allylic oxidation sites excluding steroid dienone is 8. The molecule has 1 aliphatic carbocycles. The summed E-state index contributed by atoms with van der Waals surface area (Å²) in [5, 5.41) is 49.9. The summed E-state index contributed by atoms with van der Waals surface area (Å²) in [4.78, 5) is 23.0. The predicted molar refractivity (Wildman–Crippen MR) is 207 cm³/mol. The van der Waals surface area contributed by atoms with E-state index in [-0.39, 0.29) is 13.0 Å². The molecule has 1 rings (SSSR count). The highest BCUT2D eigenvalue weighted by atomic mass is 31.2. The zero-order valence-electron chi connectivity index (χ0n) is 32.3. The van der Waals surface area contributed by atoms with Crippen LogP contribution in [0.5, 0.6) is 0 Å². The van der Waals surface area contributed by atoms with Gasteiger partial charge in [-0.2, -0.15) is 0 Å². The molecule has 1 saturated carbocycles. The number of aliphatic hydroxyl groups is 5. The molecule has 1 aliphatic rings. The summed E-state index contributed by atoms with van der Waals surface area (Å²) < 4.78 is 33.9. The van der Waals surface area contributed by atoms with Crippen molar-refractivity contribution in [2.24, 2.45) is 0 Å². The summed E-state index contributed by atoms with van der Waals surface area (Å²) in [5.74, 6) is -0.503. The van der Waals surface area contributed by atoms with Crippen molar-refractivity contribution in [1.82, 2.24) is 0 Å². The Balaban J connectivity index is 2.46. The summed E-state index contributed by atoms with van der Waals surface area (Å²) in [7, 11) is -5.01. The molecule has 308 valence electrons. The van der Waals surface area contributed by atoms with Crippen LogP contribution in [0, 0.1) is 0 Å². The van der Waals surface area contributed by atoms with Crippen LogP contribution in [0.25, 0.3) is 0 Å². The third-order valence-corrected chi connectivity index (χ3v) is 9.95. The van der Waals surface area contributed by atoms with Gasteiger partial charge < -0.3 is 39.9 Å². The Kier molecular flexibility index (Phi) is 29.3. The van der Waals surface area contributed by atoms with E-state index in [1.807, 2.05) is 0 Å². The van der Waals surface area contributed by atoms with E-state index in [1.165, 1.54) is 38.5 Å². The van der Waals surface area contributed by atoms with Gasteiger partial charge in [0.25, 0.3) is 0 Å². The molecule has 6 atom stereocenters. The number of phosphoric acid groups is 1. The van der Waals surface area contributed by atoms with Gasteiger partial charge in [0.05, 0.1) is 13.2 Å². The first-order valence-electron chi connectivity index (χ1n) is 20.0. The second-order valence-electron chi connectivity index (χ2n) is 13.8. The Hall–Kier alpha value is -1.70. The van der Waals surface area contributed by atoms with Crippen LogP contribution in [0.1, 0.15) is 136 Å². The van der Waals surface area contributed by atoms with Crippen LogP contribution in [0.4, 0.5) is 0 Å². The number of aliphatic hydroxyl groups excluding tert-OH is 5. The molecule has 0 aliphatic heterocycles. The minimum absolute atomic E-state index is 0.0874. The maximum absolute atomic E-state index is 12.7. The molecular weight excluding hydrogens is 703 g/mol. The maximum atomic E-state index is 12.7. The number of ether oxygens (including phenoxy) is 2. The zero-order valence-corrected chi connectivity index (χ0v) is 33.2. The van der Waals surface area contributed by atoms with Gasteiger partial charge in [-0.1, -0.05) is 127 Å². The summed E-state index contributed by atoms with van der Waals surface area (Å²) >= 11 is 0. The highest BCUT2D eigenvalue weighted by Gasteiger charge is 2.51. The molecule has 0 bridgehead atoms. The lowest BCUT2D eigenvalue weighted by Crippen LogP contribution is -2.64. The number of hydrogen-bond acceptors (Lipinski definition) is 11. The number of esters is 1. The maximum Gasteiger partial charge on any atom is 0.472 e. The second kappa shape index (κ2) is 31.5. The average molecular weight is 775 g/mol. The van der Waals surface area contributed by atoms with Gasteiger partial charge in [-0.15, -0.1) is 0 Å². The first-order valence-corrected chi connectivity index (χ1v) is 21.5. The fraction of sp³-hybridized carbons (Fsp3) is 0.775. The fourth-order valence-electron chi connectivity index (χ4n) is 5.76. The molecule has 6 N–H and O–H groups in total. The Labute approximate surface area is 318 Å². The molecule has 12 nitrogen and oxygen atoms in total. The summed E-state index contributed by atoms with van der Waals surface area (Å²) in [5.41, 5.74) is 0. The van der Waals surface area contributed by atoms with E-state index < -0.39 is 63.1 Å². The quantitative estimate of drug-likeness (QED) is 0.0179. The van der Waals surface area contributed by atoms with E-state index in [9.17, 15) is 39.8 Å². The summed E-state index contributed by atoms with van der Waals surface area (Å²) in [6, 6.07) is 0. The largest absolute Gasteiger partial charge is 0.472 e. The molecule has 53 heavy (non-hydrogen) atoms. The van der Waals surface area contributed by atoms with E-state index in [0.717, 1.165) is 70.6 Å². The number of phosphoric ester groups is 1. The normalized spacial score (nSPS) is 24.2. The van der Waals surface area contributed by atoms with E-state index in [1.54, 1.807) is 0 Å². The molecular formula is C40H71O12P. The SMILES string of the molecule is CC/C=C\C/C=C\C/C=C\C/C=C\CCCCCCC(=O)OC(COCCCCCCCCCCC)COP(=O)(O)OC1C(O)C(O)C(O)C(O)C1O. The summed E-state index contributed by atoms with van der Waals surface area (Å²) in [6.45, 7) is 4.07. The van der Waals surface area contributed by atoms with Crippen molar-refractivity contribution in [2.45, 2.75) is 179 Å². The summed E-state index contributed by atoms with van der Waals surface area (Å²) in [6.07, 6.45) is 23.4. The molecule has 0 aromatic rings. The van der Waals surface area contributed by atoms with Crippen molar-refractivity contribution in [3.05, 3.63) is 48.6 Å². The number of carbonyl (C=O) groups is 1. The lowest BCUT2D eigenvalue weighted by molar-refractivity contribution is -0.220. The number of rotatable bonds is 32. The van der Waals surface area contributed by atoms with E-state index in [0.29, 0.717) is 13.0 Å². The van der Waals surface area contributed by atoms with Crippen LogP contribution in [0.3, 0.4) is 0 Å². The monoisotopic (exact) mass is 774 g/mol. The van der Waals surface area contributed by atoms with Crippen molar-refractivity contribution >= 4 is 13.8 Å². The smallest absolute Gasteiger partial charge is 0.457 e. The molecule has 0 aromatic heterocycles. The minimum Gasteiger partial charge on any atom is -0.457 e. The molecule has 0 radical (unpaired) electrons. The Morgan fingerprint density at radius 3 is 1.70 bits per heavy atom. The van der Waals surface area contributed by atoms with Crippen molar-refractivity contribution < 1.29 is 58.3 Å². The molecule has 0 heterocycles. The number of carbonyl (C=O) groups excluding carboxylic acids is 1. The van der Waals surface area contributed by atoms with Gasteiger partial charge >= 0.3 is 13.8 Å². The lowest BCUT2D eigenvalue weighted by atomic mass is 9.85. The fourth-order valence-corrected chi connectivity index (χ4v) is 6.73. The van der Waals surface area contributed by atoms with Gasteiger partial charge in [0.15, 0.2) is 0 Å². The van der Waals surface area contributed by atoms with Gasteiger partial charge in [-0.25, -0.2) is 4.57 Å². The Morgan fingerprint density at radius 1 is 0.623 bits per heavy atom. The van der Waals surface area contributed by atoms with Crippen LogP contribution in [0.15, 0.2) is 48.6 Å². The van der Waals surface area contributed by atoms with Crippen LogP contribution in [-0.2, 0) is 27.9 Å². The van der Waals surface area contributed by atoms with Gasteiger partial charge in [0, 0.05) is 13.0 Å². The minimum atomic E-state index is -5.01. The highest BCUT2D eigenvalue weighted by molar-refractivity contribution is 7.47. The van der Waals surface area contributed by atoms with Gasteiger partial charge in [-0.05, 0) is 51.4 Å². The van der Waals surface area contributed by atoms with Gasteiger partial charge in [0.2, 0.25) is 0 Å². The molecule has 13 heteroatoms. The number of hydrogen-bond donors (Lipinski definition) is 6. The molecule has 0 spiro atoms. The molecule has 0 saturated heterocycles. The lowest BCUT2D eigenvalue weighted by Gasteiger charge is -2.41. The molecule has 0 aromatic carbocycles. The molecule has 0 amide bonds. The van der Waals surface area contributed by atoms with Gasteiger partial charge in [0.1, 0.15) is 42.7 Å². The van der Waals surface area contributed by atoms with Crippen LogP contribution in [0.2, 0.25) is 0 Å². The number of unbranched alkanes of at least 4 members (excludes halogenated alkanes) is 12. The molecule has 1 fully saturated rings. The van der Waals surface area contributed by atoms with Crippen molar-refractivity contribution in [3.8, 4) is 0 Å².